The summed E-state index contributed by atoms with van der Waals surface area (Å²) in [5, 5.41) is 0. The lowest BCUT2D eigenvalue weighted by Gasteiger charge is -2.06. The van der Waals surface area contributed by atoms with Crippen LogP contribution in [0.3, 0.4) is 0 Å². The normalized spacial score (nSPS) is 12.2. The fourth-order valence-electron chi connectivity index (χ4n) is 1.24. The molecule has 0 aliphatic heterocycles. The molecule has 0 N–H and O–H groups in total. The molecule has 0 saturated carbocycles. The van der Waals surface area contributed by atoms with Crippen molar-refractivity contribution in [1.82, 2.24) is 0 Å². The van der Waals surface area contributed by atoms with Crippen molar-refractivity contribution in [3.8, 4) is 0 Å². The van der Waals surface area contributed by atoms with E-state index in [0.29, 0.717) is 11.1 Å². The summed E-state index contributed by atoms with van der Waals surface area (Å²) in [5.74, 6) is -0.185. The van der Waals surface area contributed by atoms with Crippen molar-refractivity contribution in [2.45, 2.75) is 0 Å². The van der Waals surface area contributed by atoms with Crippen LogP contribution in [0.4, 0.5) is 0 Å². The first-order valence-electron chi connectivity index (χ1n) is 4.80. The van der Waals surface area contributed by atoms with Gasteiger partial charge in [-0.05, 0) is 12.2 Å². The van der Waals surface area contributed by atoms with Gasteiger partial charge in [0.1, 0.15) is 0 Å². The molecule has 0 radical (unpaired) electrons. The van der Waals surface area contributed by atoms with Gasteiger partial charge in [-0.25, -0.2) is 0 Å². The minimum absolute atomic E-state index is 0.0924. The Hall–Kier alpha value is -2.22. The maximum atomic E-state index is 11.2. The van der Waals surface area contributed by atoms with E-state index in [2.05, 4.69) is 13.2 Å². The maximum Gasteiger partial charge on any atom is 0.186 e. The van der Waals surface area contributed by atoms with Crippen molar-refractivity contribution in [1.29, 1.82) is 0 Å². The Bertz CT molecular complexity index is 424. The highest BCUT2D eigenvalue weighted by Crippen LogP contribution is 2.15. The number of benzene rings is 1. The Morgan fingerprint density at radius 1 is 0.812 bits per heavy atom. The molecular weight excluding hydrogens is 200 g/mol. The van der Waals surface area contributed by atoms with Gasteiger partial charge in [-0.1, -0.05) is 49.6 Å². The highest BCUT2D eigenvalue weighted by Gasteiger charge is 2.16. The molecule has 1 aromatic carbocycles. The van der Waals surface area contributed by atoms with Gasteiger partial charge < -0.3 is 0 Å². The van der Waals surface area contributed by atoms with Crippen LogP contribution >= 0.6 is 0 Å². The van der Waals surface area contributed by atoms with Crippen LogP contribution in [0.25, 0.3) is 0 Å². The molecular formula is C14H12O2. The van der Waals surface area contributed by atoms with Gasteiger partial charge in [-0.2, -0.15) is 0 Å². The van der Waals surface area contributed by atoms with Crippen molar-refractivity contribution in [3.05, 3.63) is 72.9 Å². The predicted molar refractivity (Wildman–Crippen MR) is 64.6 cm³/mol. The smallest absolute Gasteiger partial charge is 0.186 e. The number of hydrogen-bond acceptors (Lipinski definition) is 2. The molecule has 0 atom stereocenters. The first kappa shape index (κ1) is 11.9. The fraction of sp³-hybridized carbons (Fsp3) is 0. The lowest BCUT2D eigenvalue weighted by molar-refractivity contribution is 0.0994. The molecule has 80 valence electrons. The summed E-state index contributed by atoms with van der Waals surface area (Å²) < 4.78 is 0. The third kappa shape index (κ3) is 2.64. The van der Waals surface area contributed by atoms with Gasteiger partial charge in [-0.3, -0.25) is 9.59 Å². The molecule has 16 heavy (non-hydrogen) atoms. The highest BCUT2D eigenvalue weighted by atomic mass is 16.1. The molecule has 0 spiro atoms. The summed E-state index contributed by atoms with van der Waals surface area (Å²) in [5.41, 5.74) is 1.01. The van der Waals surface area contributed by atoms with Gasteiger partial charge in [0.2, 0.25) is 0 Å². The quantitative estimate of drug-likeness (QED) is 0.670. The molecule has 1 aliphatic rings. The predicted octanol–water partition coefficient (Wildman–Crippen LogP) is 2.98. The van der Waals surface area contributed by atoms with E-state index in [1.165, 1.54) is 12.2 Å². The minimum Gasteiger partial charge on any atom is -0.289 e. The van der Waals surface area contributed by atoms with Gasteiger partial charge >= 0.3 is 0 Å². The molecule has 2 rings (SSSR count). The fourth-order valence-corrected chi connectivity index (χ4v) is 1.24. The van der Waals surface area contributed by atoms with Gasteiger partial charge in [-0.15, -0.1) is 0 Å². The number of rotatable bonds is 1. The summed E-state index contributed by atoms with van der Waals surface area (Å²) in [6.07, 6.45) is 5.90. The topological polar surface area (TPSA) is 34.1 Å². The average Bonchev–Trinajstić information content (AvgIpc) is 2.35. The van der Waals surface area contributed by atoms with E-state index in [1.54, 1.807) is 36.4 Å². The van der Waals surface area contributed by atoms with Crippen LogP contribution in [0.5, 0.6) is 0 Å². The zero-order valence-electron chi connectivity index (χ0n) is 8.85. The number of ketones is 2. The first-order chi connectivity index (χ1) is 7.70. The van der Waals surface area contributed by atoms with Crippen molar-refractivity contribution >= 4 is 11.6 Å². The summed E-state index contributed by atoms with van der Waals surface area (Å²) in [6, 6.07) is 6.84. The molecule has 0 bridgehead atoms. The van der Waals surface area contributed by atoms with Gasteiger partial charge in [0.15, 0.2) is 11.6 Å². The van der Waals surface area contributed by atoms with E-state index in [-0.39, 0.29) is 11.6 Å². The molecule has 1 aromatic rings. The number of carbonyl (C=O) groups is 2. The number of hydrogen-bond donors (Lipinski definition) is 0. The van der Waals surface area contributed by atoms with Crippen LogP contribution in [0.15, 0.2) is 61.7 Å². The zero-order chi connectivity index (χ0) is 12.0. The van der Waals surface area contributed by atoms with Crippen LogP contribution in [0.1, 0.15) is 20.7 Å². The minimum atomic E-state index is -0.0924. The molecule has 1 aliphatic carbocycles. The monoisotopic (exact) mass is 212 g/mol. The summed E-state index contributed by atoms with van der Waals surface area (Å²) in [6.45, 7) is 6.72. The average molecular weight is 212 g/mol. The van der Waals surface area contributed by atoms with Crippen LogP contribution < -0.4 is 0 Å². The SMILES string of the molecule is C=CC=C.O=C1C=CC(=O)c2ccccc21. The van der Waals surface area contributed by atoms with Gasteiger partial charge in [0, 0.05) is 11.1 Å². The molecule has 2 heteroatoms. The zero-order valence-corrected chi connectivity index (χ0v) is 8.85. The Balaban J connectivity index is 0.000000280. The van der Waals surface area contributed by atoms with Gasteiger partial charge in [0.05, 0.1) is 0 Å². The number of allylic oxidation sites excluding steroid dienone is 4. The number of carbonyl (C=O) groups excluding carboxylic acids is 2. The van der Waals surface area contributed by atoms with E-state index in [4.69, 9.17) is 0 Å². The van der Waals surface area contributed by atoms with Crippen LogP contribution in [-0.2, 0) is 0 Å². The third-order valence-corrected chi connectivity index (χ3v) is 2.01. The van der Waals surface area contributed by atoms with Crippen molar-refractivity contribution in [2.24, 2.45) is 0 Å². The molecule has 0 amide bonds. The van der Waals surface area contributed by atoms with E-state index in [9.17, 15) is 9.59 Å². The van der Waals surface area contributed by atoms with Gasteiger partial charge in [0.25, 0.3) is 0 Å². The van der Waals surface area contributed by atoms with E-state index >= 15 is 0 Å². The molecule has 0 saturated heterocycles. The Morgan fingerprint density at radius 2 is 1.19 bits per heavy atom. The Morgan fingerprint density at radius 3 is 1.50 bits per heavy atom. The largest absolute Gasteiger partial charge is 0.289 e. The summed E-state index contributed by atoms with van der Waals surface area (Å²) >= 11 is 0. The molecule has 0 fully saturated rings. The van der Waals surface area contributed by atoms with E-state index < -0.39 is 0 Å². The lowest BCUT2D eigenvalue weighted by Crippen LogP contribution is -2.10. The molecule has 2 nitrogen and oxygen atoms in total. The molecule has 0 unspecified atom stereocenters. The third-order valence-electron chi connectivity index (χ3n) is 2.01. The van der Waals surface area contributed by atoms with E-state index in [1.807, 2.05) is 0 Å². The summed E-state index contributed by atoms with van der Waals surface area (Å²) in [4.78, 5) is 22.4. The standard InChI is InChI=1S/C10H6O2.C4H6/c11-9-5-6-10(12)8-4-2-1-3-7(8)9;1-3-4-2/h1-6H;3-4H,1-2H2. The first-order valence-corrected chi connectivity index (χ1v) is 4.80. The lowest BCUT2D eigenvalue weighted by atomic mass is 9.95. The maximum absolute atomic E-state index is 11.2. The van der Waals surface area contributed by atoms with Crippen molar-refractivity contribution in [3.63, 3.8) is 0 Å². The molecule has 0 heterocycles. The van der Waals surface area contributed by atoms with Crippen LogP contribution in [-0.4, -0.2) is 11.6 Å². The van der Waals surface area contributed by atoms with Crippen LogP contribution in [0, 0.1) is 0 Å². The van der Waals surface area contributed by atoms with Crippen LogP contribution in [0.2, 0.25) is 0 Å². The number of fused-ring (bicyclic) bond motifs is 1. The Kier molecular flexibility index (Phi) is 4.16. The summed E-state index contributed by atoms with van der Waals surface area (Å²) in [7, 11) is 0. The highest BCUT2D eigenvalue weighted by molar-refractivity contribution is 6.21. The van der Waals surface area contributed by atoms with Crippen molar-refractivity contribution < 1.29 is 9.59 Å². The van der Waals surface area contributed by atoms with Crippen molar-refractivity contribution in [2.75, 3.05) is 0 Å². The Labute approximate surface area is 94.6 Å². The van der Waals surface area contributed by atoms with E-state index in [0.717, 1.165) is 0 Å². The second-order valence-electron chi connectivity index (χ2n) is 3.08. The molecule has 0 aromatic heterocycles. The second kappa shape index (κ2) is 5.61. The second-order valence-corrected chi connectivity index (χ2v) is 3.08.